The van der Waals surface area contributed by atoms with E-state index in [1.807, 2.05) is 48.5 Å². The Labute approximate surface area is 127 Å². The van der Waals surface area contributed by atoms with Crippen LogP contribution in [0.3, 0.4) is 0 Å². The summed E-state index contributed by atoms with van der Waals surface area (Å²) in [5, 5.41) is 2.14. The Bertz CT molecular complexity index is 703. The van der Waals surface area contributed by atoms with Crippen molar-refractivity contribution in [3.63, 3.8) is 0 Å². The van der Waals surface area contributed by atoms with Gasteiger partial charge in [0.2, 0.25) is 6.29 Å². The van der Waals surface area contributed by atoms with E-state index >= 15 is 0 Å². The van der Waals surface area contributed by atoms with Gasteiger partial charge in [-0.15, -0.1) is 0 Å². The van der Waals surface area contributed by atoms with Crippen molar-refractivity contribution in [3.8, 4) is 0 Å². The maximum absolute atomic E-state index is 10.6. The third-order valence-corrected chi connectivity index (χ3v) is 2.84. The fraction of sp³-hybridized carbons (Fsp3) is 0. The standard InChI is InChI=1S/C11H8O.C7H5O.Be.2H/c12-8-10-6-3-5-9-4-1-2-7-11(9)10;8-6-7-4-2-1-3-5-7;;;/h1-8H;1-5H;;;. The number of carbonyl (C=O) groups is 1. The van der Waals surface area contributed by atoms with Gasteiger partial charge in [-0.2, -0.15) is 0 Å². The topological polar surface area (TPSA) is 34.1 Å². The van der Waals surface area contributed by atoms with Crippen LogP contribution in [-0.4, -0.2) is 22.7 Å². The molecule has 0 saturated heterocycles. The van der Waals surface area contributed by atoms with Crippen LogP contribution in [0.4, 0.5) is 0 Å². The van der Waals surface area contributed by atoms with Crippen LogP contribution in [0.1, 0.15) is 15.9 Å². The third kappa shape index (κ3) is 4.48. The fourth-order valence-electron chi connectivity index (χ4n) is 1.86. The number of fused-ring (bicyclic) bond motifs is 1. The molecule has 0 aromatic heterocycles. The molecule has 0 heterocycles. The first-order chi connectivity index (χ1) is 9.85. The second-order valence-electron chi connectivity index (χ2n) is 4.15. The van der Waals surface area contributed by atoms with E-state index in [4.69, 9.17) is 0 Å². The van der Waals surface area contributed by atoms with E-state index in [0.29, 0.717) is 5.56 Å². The predicted molar refractivity (Wildman–Crippen MR) is 89.1 cm³/mol. The van der Waals surface area contributed by atoms with E-state index in [1.54, 1.807) is 30.6 Å². The van der Waals surface area contributed by atoms with Crippen molar-refractivity contribution in [1.29, 1.82) is 0 Å². The molecule has 0 aliphatic rings. The number of hydrogen-bond donors (Lipinski definition) is 0. The molecule has 0 unspecified atom stereocenters. The van der Waals surface area contributed by atoms with E-state index < -0.39 is 0 Å². The zero-order chi connectivity index (χ0) is 14.2. The number of hydrogen-bond acceptors (Lipinski definition) is 2. The van der Waals surface area contributed by atoms with Crippen LogP contribution in [-0.2, 0) is 4.79 Å². The van der Waals surface area contributed by atoms with Gasteiger partial charge < -0.3 is 0 Å². The van der Waals surface area contributed by atoms with Crippen LogP contribution < -0.4 is 0 Å². The number of aldehydes is 1. The molecular weight excluding hydrogens is 257 g/mol. The van der Waals surface area contributed by atoms with E-state index in [-0.39, 0.29) is 10.1 Å². The van der Waals surface area contributed by atoms with E-state index in [9.17, 15) is 9.59 Å². The molecule has 2 nitrogen and oxygen atoms in total. The van der Waals surface area contributed by atoms with Gasteiger partial charge in [0.15, 0.2) is 6.29 Å². The average Bonchev–Trinajstić information content (AvgIpc) is 2.55. The van der Waals surface area contributed by atoms with Gasteiger partial charge in [0.25, 0.3) is 0 Å². The van der Waals surface area contributed by atoms with Crippen molar-refractivity contribution in [2.75, 3.05) is 0 Å². The van der Waals surface area contributed by atoms with Crippen molar-refractivity contribution >= 4 is 33.5 Å². The molecule has 0 amide bonds. The second kappa shape index (κ2) is 8.57. The molecule has 0 spiro atoms. The summed E-state index contributed by atoms with van der Waals surface area (Å²) in [6.07, 6.45) is 2.67. The normalized spacial score (nSPS) is 8.95. The molecular formula is C18H15BeO2. The van der Waals surface area contributed by atoms with Crippen molar-refractivity contribution in [1.82, 2.24) is 0 Å². The minimum atomic E-state index is 0. The predicted octanol–water partition coefficient (Wildman–Crippen LogP) is 2.88. The van der Waals surface area contributed by atoms with Crippen molar-refractivity contribution in [2.45, 2.75) is 0 Å². The van der Waals surface area contributed by atoms with Crippen molar-refractivity contribution < 1.29 is 9.59 Å². The summed E-state index contributed by atoms with van der Waals surface area (Å²) in [7, 11) is 0. The summed E-state index contributed by atoms with van der Waals surface area (Å²) < 4.78 is 0. The van der Waals surface area contributed by atoms with E-state index in [2.05, 4.69) is 0 Å². The molecule has 0 atom stereocenters. The van der Waals surface area contributed by atoms with E-state index in [1.165, 1.54) is 0 Å². The minimum absolute atomic E-state index is 0. The second-order valence-corrected chi connectivity index (χ2v) is 4.15. The van der Waals surface area contributed by atoms with Crippen LogP contribution in [0.5, 0.6) is 0 Å². The Morgan fingerprint density at radius 2 is 1.38 bits per heavy atom. The summed E-state index contributed by atoms with van der Waals surface area (Å²) in [5.41, 5.74) is 1.36. The van der Waals surface area contributed by atoms with E-state index in [0.717, 1.165) is 22.6 Å². The van der Waals surface area contributed by atoms with Gasteiger partial charge in [-0.3, -0.25) is 9.59 Å². The van der Waals surface area contributed by atoms with Gasteiger partial charge in [-0.25, -0.2) is 0 Å². The molecule has 3 heteroatoms. The number of rotatable bonds is 2. The summed E-state index contributed by atoms with van der Waals surface area (Å²) in [4.78, 5) is 20.5. The molecule has 3 aromatic carbocycles. The summed E-state index contributed by atoms with van der Waals surface area (Å²) in [6, 6.07) is 22.5. The van der Waals surface area contributed by atoms with Gasteiger partial charge >= 0.3 is 10.1 Å². The van der Waals surface area contributed by atoms with Crippen molar-refractivity contribution in [2.24, 2.45) is 0 Å². The summed E-state index contributed by atoms with van der Waals surface area (Å²) >= 11 is 0. The first-order valence-corrected chi connectivity index (χ1v) is 6.21. The molecule has 0 fully saturated rings. The van der Waals surface area contributed by atoms with Gasteiger partial charge in [0, 0.05) is 11.1 Å². The number of carbonyl (C=O) groups excluding carboxylic acids is 2. The Hall–Kier alpha value is -2.57. The van der Waals surface area contributed by atoms with Gasteiger partial charge in [-0.05, 0) is 10.8 Å². The summed E-state index contributed by atoms with van der Waals surface area (Å²) in [6.45, 7) is 0. The van der Waals surface area contributed by atoms with Gasteiger partial charge in [0.05, 0.1) is 0 Å². The molecule has 0 N–H and O–H groups in total. The Morgan fingerprint density at radius 3 is 2.00 bits per heavy atom. The fourth-order valence-corrected chi connectivity index (χ4v) is 1.86. The monoisotopic (exact) mass is 272 g/mol. The zero-order valence-electron chi connectivity index (χ0n) is 10.8. The first-order valence-electron chi connectivity index (χ1n) is 6.21. The van der Waals surface area contributed by atoms with Crippen LogP contribution >= 0.6 is 0 Å². The molecule has 0 bridgehead atoms. The Balaban J connectivity index is 0.000000216. The van der Waals surface area contributed by atoms with Crippen LogP contribution in [0.25, 0.3) is 10.8 Å². The van der Waals surface area contributed by atoms with Gasteiger partial charge in [-0.1, -0.05) is 72.8 Å². The molecule has 3 rings (SSSR count). The molecule has 0 aliphatic heterocycles. The molecule has 21 heavy (non-hydrogen) atoms. The molecule has 101 valence electrons. The van der Waals surface area contributed by atoms with Gasteiger partial charge in [0.1, 0.15) is 0 Å². The van der Waals surface area contributed by atoms with Crippen LogP contribution in [0.15, 0.2) is 72.8 Å². The van der Waals surface area contributed by atoms with Crippen molar-refractivity contribution in [3.05, 3.63) is 83.9 Å². The molecule has 0 saturated carbocycles. The third-order valence-electron chi connectivity index (χ3n) is 2.84. The zero-order valence-corrected chi connectivity index (χ0v) is 10.8. The maximum atomic E-state index is 10.6. The molecule has 1 radical (unpaired) electrons. The molecule has 0 aliphatic carbocycles. The SMILES string of the molecule is O=Cc1cccc2ccccc12.O=[C]c1ccccc1.[BeH2]. The van der Waals surface area contributed by atoms with Crippen LogP contribution in [0.2, 0.25) is 0 Å². The quantitative estimate of drug-likeness (QED) is 0.531. The Kier molecular flexibility index (Phi) is 6.73. The molecule has 3 aromatic rings. The number of benzene rings is 3. The van der Waals surface area contributed by atoms with Crippen LogP contribution in [0, 0.1) is 0 Å². The average molecular weight is 272 g/mol. The first kappa shape index (κ1) is 16.5. The summed E-state index contributed by atoms with van der Waals surface area (Å²) in [5.74, 6) is 0. The Morgan fingerprint density at radius 1 is 0.762 bits per heavy atom.